The highest BCUT2D eigenvalue weighted by atomic mass is 16.5. The van der Waals surface area contributed by atoms with Gasteiger partial charge in [0.1, 0.15) is 5.75 Å². The minimum absolute atomic E-state index is 0.203. The molecule has 0 bridgehead atoms. The zero-order valence-electron chi connectivity index (χ0n) is 16.6. The molecule has 0 radical (unpaired) electrons. The van der Waals surface area contributed by atoms with Gasteiger partial charge in [-0.2, -0.15) is 4.98 Å². The largest absolute Gasteiger partial charge is 0.497 e. The number of nitrogens with zero attached hydrogens (tertiary/aromatic N) is 3. The third-order valence-corrected chi connectivity index (χ3v) is 5.45. The van der Waals surface area contributed by atoms with Gasteiger partial charge in [0.15, 0.2) is 0 Å². The monoisotopic (exact) mass is 391 g/mol. The minimum atomic E-state index is 0.203. The normalized spacial score (nSPS) is 14.7. The third-order valence-electron chi connectivity index (χ3n) is 5.45. The van der Waals surface area contributed by atoms with Crippen molar-refractivity contribution in [3.63, 3.8) is 0 Å². The van der Waals surface area contributed by atoms with Crippen LogP contribution in [0.4, 0.5) is 0 Å². The van der Waals surface area contributed by atoms with Crippen LogP contribution in [0.5, 0.6) is 5.75 Å². The first-order chi connectivity index (χ1) is 14.2. The number of piperidine rings is 1. The van der Waals surface area contributed by atoms with Crippen molar-refractivity contribution in [3.05, 3.63) is 66.1 Å². The molecule has 1 fully saturated rings. The first-order valence-corrected chi connectivity index (χ1v) is 10.00. The smallest absolute Gasteiger partial charge is 0.227 e. The van der Waals surface area contributed by atoms with E-state index in [1.807, 2.05) is 59.5 Å². The van der Waals surface area contributed by atoms with E-state index < -0.39 is 0 Å². The lowest BCUT2D eigenvalue weighted by atomic mass is 9.93. The molecule has 1 amide bonds. The van der Waals surface area contributed by atoms with Crippen LogP contribution in [0.2, 0.25) is 0 Å². The molecule has 1 saturated heterocycles. The van der Waals surface area contributed by atoms with Crippen LogP contribution >= 0.6 is 0 Å². The van der Waals surface area contributed by atoms with Crippen LogP contribution in [0.3, 0.4) is 0 Å². The fourth-order valence-electron chi connectivity index (χ4n) is 3.71. The summed E-state index contributed by atoms with van der Waals surface area (Å²) in [6.07, 6.45) is 3.14. The Labute approximate surface area is 170 Å². The number of rotatable bonds is 6. The van der Waals surface area contributed by atoms with E-state index in [0.29, 0.717) is 24.1 Å². The van der Waals surface area contributed by atoms with Crippen molar-refractivity contribution < 1.29 is 14.1 Å². The van der Waals surface area contributed by atoms with E-state index in [2.05, 4.69) is 10.1 Å². The highest BCUT2D eigenvalue weighted by Crippen LogP contribution is 2.24. The molecule has 3 aromatic rings. The number of amides is 1. The lowest BCUT2D eigenvalue weighted by Gasteiger charge is -2.31. The number of hydrogen-bond donors (Lipinski definition) is 0. The molecule has 2 heterocycles. The maximum Gasteiger partial charge on any atom is 0.227 e. The van der Waals surface area contributed by atoms with Crippen LogP contribution in [-0.4, -0.2) is 41.1 Å². The van der Waals surface area contributed by atoms with Crippen LogP contribution in [0, 0.1) is 5.92 Å². The van der Waals surface area contributed by atoms with Crippen molar-refractivity contribution in [2.75, 3.05) is 20.2 Å². The van der Waals surface area contributed by atoms with Crippen LogP contribution in [0.1, 0.15) is 24.3 Å². The standard InChI is InChI=1S/C23H25N3O3/c1-28-20-9-7-19(8-10-20)23-24-21(29-25-23)15-18-11-13-26(14-12-18)22(27)16-17-5-3-2-4-6-17/h2-10,18H,11-16H2,1H3. The van der Waals surface area contributed by atoms with E-state index in [0.717, 1.165) is 49.2 Å². The molecule has 0 unspecified atom stereocenters. The molecule has 1 aliphatic heterocycles. The van der Waals surface area contributed by atoms with E-state index in [4.69, 9.17) is 9.26 Å². The maximum atomic E-state index is 12.5. The van der Waals surface area contributed by atoms with Gasteiger partial charge < -0.3 is 14.2 Å². The van der Waals surface area contributed by atoms with Crippen LogP contribution in [0.15, 0.2) is 59.1 Å². The van der Waals surface area contributed by atoms with E-state index in [9.17, 15) is 4.79 Å². The lowest BCUT2D eigenvalue weighted by molar-refractivity contribution is -0.131. The predicted molar refractivity (Wildman–Crippen MR) is 109 cm³/mol. The van der Waals surface area contributed by atoms with Gasteiger partial charge in [-0.05, 0) is 48.6 Å². The Morgan fingerprint density at radius 1 is 1.10 bits per heavy atom. The Kier molecular flexibility index (Phi) is 5.89. The minimum Gasteiger partial charge on any atom is -0.497 e. The van der Waals surface area contributed by atoms with E-state index in [1.165, 1.54) is 0 Å². The second-order valence-electron chi connectivity index (χ2n) is 7.43. The van der Waals surface area contributed by atoms with Gasteiger partial charge in [-0.1, -0.05) is 35.5 Å². The summed E-state index contributed by atoms with van der Waals surface area (Å²) in [5.74, 6) is 2.71. The molecule has 1 aliphatic rings. The summed E-state index contributed by atoms with van der Waals surface area (Å²) in [5.41, 5.74) is 1.97. The number of ether oxygens (including phenoxy) is 1. The fourth-order valence-corrected chi connectivity index (χ4v) is 3.71. The number of carbonyl (C=O) groups is 1. The van der Waals surface area contributed by atoms with Crippen molar-refractivity contribution in [2.45, 2.75) is 25.7 Å². The molecule has 0 aliphatic carbocycles. The van der Waals surface area contributed by atoms with E-state index >= 15 is 0 Å². The summed E-state index contributed by atoms with van der Waals surface area (Å²) < 4.78 is 10.6. The molecule has 0 spiro atoms. The Morgan fingerprint density at radius 3 is 2.52 bits per heavy atom. The van der Waals surface area contributed by atoms with Crippen molar-refractivity contribution in [2.24, 2.45) is 5.92 Å². The zero-order valence-corrected chi connectivity index (χ0v) is 16.6. The Bertz CT molecular complexity index is 930. The number of likely N-dealkylation sites (tertiary alicyclic amines) is 1. The maximum absolute atomic E-state index is 12.5. The molecule has 6 heteroatoms. The molecule has 4 rings (SSSR count). The van der Waals surface area contributed by atoms with Gasteiger partial charge in [0.05, 0.1) is 13.5 Å². The quantitative estimate of drug-likeness (QED) is 0.640. The van der Waals surface area contributed by atoms with Crippen LogP contribution in [0.25, 0.3) is 11.4 Å². The molecule has 0 N–H and O–H groups in total. The van der Waals surface area contributed by atoms with Gasteiger partial charge in [0.25, 0.3) is 0 Å². The van der Waals surface area contributed by atoms with E-state index in [1.54, 1.807) is 7.11 Å². The zero-order chi connectivity index (χ0) is 20.1. The van der Waals surface area contributed by atoms with Crippen molar-refractivity contribution in [1.29, 1.82) is 0 Å². The molecule has 1 aromatic heterocycles. The molecule has 0 saturated carbocycles. The van der Waals surface area contributed by atoms with E-state index in [-0.39, 0.29) is 5.91 Å². The highest BCUT2D eigenvalue weighted by Gasteiger charge is 2.24. The molecular formula is C23H25N3O3. The number of carbonyl (C=O) groups excluding carboxylic acids is 1. The molecule has 6 nitrogen and oxygen atoms in total. The molecule has 150 valence electrons. The van der Waals surface area contributed by atoms with Gasteiger partial charge >= 0.3 is 0 Å². The van der Waals surface area contributed by atoms with Crippen LogP contribution < -0.4 is 4.74 Å². The predicted octanol–water partition coefficient (Wildman–Crippen LogP) is 3.77. The Balaban J connectivity index is 1.28. The third kappa shape index (κ3) is 4.83. The van der Waals surface area contributed by atoms with Crippen molar-refractivity contribution in [3.8, 4) is 17.1 Å². The first kappa shape index (κ1) is 19.2. The summed E-state index contributed by atoms with van der Waals surface area (Å²) in [5, 5.41) is 4.11. The van der Waals surface area contributed by atoms with Crippen LogP contribution in [-0.2, 0) is 17.6 Å². The average molecular weight is 391 g/mol. The van der Waals surface area contributed by atoms with Gasteiger partial charge in [0, 0.05) is 25.1 Å². The highest BCUT2D eigenvalue weighted by molar-refractivity contribution is 5.78. The Morgan fingerprint density at radius 2 is 1.83 bits per heavy atom. The summed E-state index contributed by atoms with van der Waals surface area (Å²) in [6, 6.07) is 17.5. The van der Waals surface area contributed by atoms with Crippen molar-refractivity contribution in [1.82, 2.24) is 15.0 Å². The molecule has 29 heavy (non-hydrogen) atoms. The second kappa shape index (κ2) is 8.90. The number of aromatic nitrogens is 2. The lowest BCUT2D eigenvalue weighted by Crippen LogP contribution is -2.39. The summed E-state index contributed by atoms with van der Waals surface area (Å²) in [7, 11) is 1.64. The van der Waals surface area contributed by atoms with Gasteiger partial charge in [-0.15, -0.1) is 0 Å². The topological polar surface area (TPSA) is 68.5 Å². The SMILES string of the molecule is COc1ccc(-c2noc(CC3CCN(C(=O)Cc4ccccc4)CC3)n2)cc1. The molecule has 0 atom stereocenters. The van der Waals surface area contributed by atoms with Gasteiger partial charge in [-0.3, -0.25) is 4.79 Å². The fraction of sp³-hybridized carbons (Fsp3) is 0.348. The molecule has 2 aromatic carbocycles. The summed E-state index contributed by atoms with van der Waals surface area (Å²) >= 11 is 0. The first-order valence-electron chi connectivity index (χ1n) is 10.00. The van der Waals surface area contributed by atoms with Gasteiger partial charge in [0.2, 0.25) is 17.6 Å². The Hall–Kier alpha value is -3.15. The molecular weight excluding hydrogens is 366 g/mol. The van der Waals surface area contributed by atoms with Gasteiger partial charge in [-0.25, -0.2) is 0 Å². The number of benzene rings is 2. The number of hydrogen-bond acceptors (Lipinski definition) is 5. The summed E-state index contributed by atoms with van der Waals surface area (Å²) in [4.78, 5) is 19.0. The van der Waals surface area contributed by atoms with Crippen molar-refractivity contribution >= 4 is 5.91 Å². The average Bonchev–Trinajstić information content (AvgIpc) is 3.23. The number of methoxy groups -OCH3 is 1. The summed E-state index contributed by atoms with van der Waals surface area (Å²) in [6.45, 7) is 1.58. The second-order valence-corrected chi connectivity index (χ2v) is 7.43.